The molecule has 0 atom stereocenters. The molecule has 0 saturated carbocycles. The summed E-state index contributed by atoms with van der Waals surface area (Å²) in [5, 5.41) is 0. The van der Waals surface area contributed by atoms with Gasteiger partial charge in [-0.1, -0.05) is 0 Å². The maximum atomic E-state index is 12.3. The van der Waals surface area contributed by atoms with Crippen molar-refractivity contribution in [2.45, 2.75) is 6.18 Å². The van der Waals surface area contributed by atoms with Crippen LogP contribution in [0.1, 0.15) is 5.56 Å². The Morgan fingerprint density at radius 3 is 1.86 bits per heavy atom. The molecule has 3 N–H and O–H groups in total. The van der Waals surface area contributed by atoms with Crippen LogP contribution < -0.4 is 11.3 Å². The quantitative estimate of drug-likeness (QED) is 0.609. The van der Waals surface area contributed by atoms with E-state index in [1.165, 1.54) is 0 Å². The zero-order chi connectivity index (χ0) is 10.9. The summed E-state index contributed by atoms with van der Waals surface area (Å²) >= 11 is 5.96. The van der Waals surface area contributed by atoms with E-state index in [1.807, 2.05) is 0 Å². The number of hydrogen-bond donors (Lipinski definition) is 2. The third kappa shape index (κ3) is 2.40. The van der Waals surface area contributed by atoms with E-state index in [0.29, 0.717) is 5.69 Å². The molecular formula is C7H5Br2F3N2. The highest BCUT2D eigenvalue weighted by Crippen LogP contribution is 2.38. The second-order valence-corrected chi connectivity index (χ2v) is 4.17. The van der Waals surface area contributed by atoms with Crippen LogP contribution in [0.25, 0.3) is 0 Å². The molecule has 0 saturated heterocycles. The molecule has 1 aromatic rings. The smallest absolute Gasteiger partial charge is 0.322 e. The number of hydrogen-bond acceptors (Lipinski definition) is 2. The zero-order valence-electron chi connectivity index (χ0n) is 6.62. The van der Waals surface area contributed by atoms with Crippen LogP contribution in [0.3, 0.4) is 0 Å². The molecule has 0 radical (unpaired) electrons. The van der Waals surface area contributed by atoms with Crippen molar-refractivity contribution in [1.29, 1.82) is 0 Å². The van der Waals surface area contributed by atoms with E-state index >= 15 is 0 Å². The predicted molar refractivity (Wildman–Crippen MR) is 54.7 cm³/mol. The lowest BCUT2D eigenvalue weighted by atomic mass is 10.2. The van der Waals surface area contributed by atoms with E-state index in [-0.39, 0.29) is 8.95 Å². The van der Waals surface area contributed by atoms with Gasteiger partial charge in [0.1, 0.15) is 0 Å². The first-order valence-corrected chi connectivity index (χ1v) is 4.97. The van der Waals surface area contributed by atoms with Crippen LogP contribution in [-0.4, -0.2) is 0 Å². The Morgan fingerprint density at radius 2 is 1.57 bits per heavy atom. The Bertz CT molecular complexity index is 328. The number of halogens is 5. The molecule has 0 aliphatic heterocycles. The second kappa shape index (κ2) is 4.08. The number of alkyl halides is 3. The first kappa shape index (κ1) is 11.8. The Morgan fingerprint density at radius 1 is 1.14 bits per heavy atom. The van der Waals surface area contributed by atoms with E-state index in [4.69, 9.17) is 5.84 Å². The SMILES string of the molecule is NNc1c(Br)cc(C(F)(F)F)cc1Br. The molecule has 0 aromatic heterocycles. The normalized spacial score (nSPS) is 11.6. The van der Waals surface area contributed by atoms with E-state index in [9.17, 15) is 13.2 Å². The third-order valence-corrected chi connectivity index (χ3v) is 2.76. The van der Waals surface area contributed by atoms with Gasteiger partial charge in [-0.3, -0.25) is 5.84 Å². The number of rotatable bonds is 1. The Hall–Kier alpha value is -0.270. The minimum absolute atomic E-state index is 0.252. The van der Waals surface area contributed by atoms with Crippen molar-refractivity contribution >= 4 is 37.5 Å². The Balaban J connectivity index is 3.28. The van der Waals surface area contributed by atoms with Crippen molar-refractivity contribution in [3.63, 3.8) is 0 Å². The van der Waals surface area contributed by atoms with Crippen LogP contribution in [-0.2, 0) is 6.18 Å². The molecule has 0 aliphatic rings. The van der Waals surface area contributed by atoms with Crippen LogP contribution >= 0.6 is 31.9 Å². The Labute approximate surface area is 94.9 Å². The van der Waals surface area contributed by atoms with Gasteiger partial charge >= 0.3 is 6.18 Å². The summed E-state index contributed by atoms with van der Waals surface area (Å²) in [5.74, 6) is 5.12. The number of nitrogens with two attached hydrogens (primary N) is 1. The van der Waals surface area contributed by atoms with Crippen LogP contribution in [0.4, 0.5) is 18.9 Å². The summed E-state index contributed by atoms with van der Waals surface area (Å²) in [6.45, 7) is 0. The Kier molecular flexibility index (Phi) is 3.44. The van der Waals surface area contributed by atoms with Gasteiger partial charge in [0.05, 0.1) is 11.3 Å². The lowest BCUT2D eigenvalue weighted by Crippen LogP contribution is -2.10. The maximum Gasteiger partial charge on any atom is 0.416 e. The van der Waals surface area contributed by atoms with Crippen LogP contribution in [0, 0.1) is 0 Å². The molecule has 0 fully saturated rings. The predicted octanol–water partition coefficient (Wildman–Crippen LogP) is 3.52. The highest BCUT2D eigenvalue weighted by Gasteiger charge is 2.31. The monoisotopic (exact) mass is 332 g/mol. The van der Waals surface area contributed by atoms with Gasteiger partial charge < -0.3 is 5.43 Å². The molecule has 1 rings (SSSR count). The lowest BCUT2D eigenvalue weighted by molar-refractivity contribution is -0.137. The van der Waals surface area contributed by atoms with E-state index in [1.54, 1.807) is 0 Å². The van der Waals surface area contributed by atoms with Crippen LogP contribution in [0.15, 0.2) is 21.1 Å². The standard InChI is InChI=1S/C7H5Br2F3N2/c8-4-1-3(7(10,11)12)2-5(9)6(4)14-13/h1-2,14H,13H2. The molecule has 1 aromatic carbocycles. The largest absolute Gasteiger partial charge is 0.416 e. The number of nitrogens with one attached hydrogen (secondary N) is 1. The van der Waals surface area contributed by atoms with E-state index in [0.717, 1.165) is 12.1 Å². The van der Waals surface area contributed by atoms with Crippen molar-refractivity contribution in [1.82, 2.24) is 0 Å². The summed E-state index contributed by atoms with van der Waals surface area (Å²) in [7, 11) is 0. The van der Waals surface area contributed by atoms with E-state index < -0.39 is 11.7 Å². The van der Waals surface area contributed by atoms with Gasteiger partial charge in [-0.05, 0) is 44.0 Å². The highest BCUT2D eigenvalue weighted by atomic mass is 79.9. The van der Waals surface area contributed by atoms with Gasteiger partial charge in [0, 0.05) is 8.95 Å². The van der Waals surface area contributed by atoms with Gasteiger partial charge in [0.25, 0.3) is 0 Å². The molecule has 0 aliphatic carbocycles. The summed E-state index contributed by atoms with van der Waals surface area (Å²) in [6.07, 6.45) is -4.36. The fourth-order valence-corrected chi connectivity index (χ4v) is 2.29. The van der Waals surface area contributed by atoms with Gasteiger partial charge in [-0.25, -0.2) is 0 Å². The minimum atomic E-state index is -4.36. The summed E-state index contributed by atoms with van der Waals surface area (Å²) < 4.78 is 37.4. The fraction of sp³-hybridized carbons (Fsp3) is 0.143. The third-order valence-electron chi connectivity index (χ3n) is 1.51. The van der Waals surface area contributed by atoms with Crippen molar-refractivity contribution in [2.24, 2.45) is 5.84 Å². The molecule has 14 heavy (non-hydrogen) atoms. The summed E-state index contributed by atoms with van der Waals surface area (Å²) in [4.78, 5) is 0. The molecule has 7 heteroatoms. The molecule has 0 spiro atoms. The van der Waals surface area contributed by atoms with Gasteiger partial charge in [0.15, 0.2) is 0 Å². The second-order valence-electron chi connectivity index (χ2n) is 2.46. The first-order chi connectivity index (χ1) is 6.36. The van der Waals surface area contributed by atoms with E-state index in [2.05, 4.69) is 37.3 Å². The van der Waals surface area contributed by atoms with Gasteiger partial charge in [0.2, 0.25) is 0 Å². The number of hydrazine groups is 1. The van der Waals surface area contributed by atoms with Crippen molar-refractivity contribution in [3.8, 4) is 0 Å². The summed E-state index contributed by atoms with van der Waals surface area (Å²) in [5.41, 5.74) is 1.91. The van der Waals surface area contributed by atoms with Crippen molar-refractivity contribution in [3.05, 3.63) is 26.6 Å². The van der Waals surface area contributed by atoms with Crippen molar-refractivity contribution < 1.29 is 13.2 Å². The number of nitrogen functional groups attached to an aromatic ring is 1. The van der Waals surface area contributed by atoms with Gasteiger partial charge in [-0.2, -0.15) is 13.2 Å². The molecular weight excluding hydrogens is 329 g/mol. The maximum absolute atomic E-state index is 12.3. The number of anilines is 1. The zero-order valence-corrected chi connectivity index (χ0v) is 9.79. The summed E-state index contributed by atoms with van der Waals surface area (Å²) in [6, 6.07) is 1.92. The first-order valence-electron chi connectivity index (χ1n) is 3.39. The molecule has 0 bridgehead atoms. The topological polar surface area (TPSA) is 38.0 Å². The van der Waals surface area contributed by atoms with Crippen LogP contribution in [0.2, 0.25) is 0 Å². The number of benzene rings is 1. The highest BCUT2D eigenvalue weighted by molar-refractivity contribution is 9.11. The van der Waals surface area contributed by atoms with Crippen LogP contribution in [0.5, 0.6) is 0 Å². The fourth-order valence-electron chi connectivity index (χ4n) is 0.875. The average molecular weight is 334 g/mol. The molecule has 0 amide bonds. The minimum Gasteiger partial charge on any atom is -0.322 e. The molecule has 0 unspecified atom stereocenters. The van der Waals surface area contributed by atoms with Crippen molar-refractivity contribution in [2.75, 3.05) is 5.43 Å². The average Bonchev–Trinajstić information content (AvgIpc) is 2.01. The lowest BCUT2D eigenvalue weighted by Gasteiger charge is -2.11. The molecule has 2 nitrogen and oxygen atoms in total. The van der Waals surface area contributed by atoms with Gasteiger partial charge in [-0.15, -0.1) is 0 Å². The molecule has 0 heterocycles. The molecule has 78 valence electrons.